The van der Waals surface area contributed by atoms with Gasteiger partial charge in [0.2, 0.25) is 5.91 Å². The molecule has 1 saturated heterocycles. The number of aliphatic hydroxyl groups is 1. The standard InChI is InChI=1S/C17H25NO2/c1-12-6-4-7-15(10-12)14(3)17(20)18-9-5-8-16(18)11-13(2)19/h4,6-7,10,13-14,16,19H,5,8-9,11H2,1-3H3. The number of likely N-dealkylation sites (tertiary alicyclic amines) is 1. The topological polar surface area (TPSA) is 40.5 Å². The summed E-state index contributed by atoms with van der Waals surface area (Å²) in [5.74, 6) is 0.0863. The lowest BCUT2D eigenvalue weighted by atomic mass is 9.97. The van der Waals surface area contributed by atoms with Gasteiger partial charge >= 0.3 is 0 Å². The number of rotatable bonds is 4. The van der Waals surface area contributed by atoms with Gasteiger partial charge < -0.3 is 10.0 Å². The Morgan fingerprint density at radius 1 is 1.45 bits per heavy atom. The van der Waals surface area contributed by atoms with E-state index >= 15 is 0 Å². The molecule has 0 saturated carbocycles. The molecule has 1 aromatic carbocycles. The monoisotopic (exact) mass is 275 g/mol. The van der Waals surface area contributed by atoms with Crippen molar-refractivity contribution in [3.8, 4) is 0 Å². The van der Waals surface area contributed by atoms with Crippen molar-refractivity contribution in [3.05, 3.63) is 35.4 Å². The second kappa shape index (κ2) is 6.40. The van der Waals surface area contributed by atoms with Gasteiger partial charge in [0.1, 0.15) is 0 Å². The number of carbonyl (C=O) groups excluding carboxylic acids is 1. The molecule has 3 atom stereocenters. The number of aliphatic hydroxyl groups excluding tert-OH is 1. The highest BCUT2D eigenvalue weighted by Gasteiger charge is 2.32. The fraction of sp³-hybridized carbons (Fsp3) is 0.588. The molecule has 110 valence electrons. The molecule has 3 nitrogen and oxygen atoms in total. The number of carbonyl (C=O) groups is 1. The Bertz CT molecular complexity index is 470. The minimum atomic E-state index is -0.345. The molecule has 1 amide bonds. The molecule has 3 unspecified atom stereocenters. The van der Waals surface area contributed by atoms with E-state index in [1.807, 2.05) is 36.9 Å². The van der Waals surface area contributed by atoms with Crippen molar-refractivity contribution < 1.29 is 9.90 Å². The summed E-state index contributed by atoms with van der Waals surface area (Å²) < 4.78 is 0. The molecule has 3 heteroatoms. The molecular formula is C17H25NO2. The van der Waals surface area contributed by atoms with Crippen molar-refractivity contribution in [3.63, 3.8) is 0 Å². The number of hydrogen-bond donors (Lipinski definition) is 1. The van der Waals surface area contributed by atoms with Gasteiger partial charge in [-0.15, -0.1) is 0 Å². The van der Waals surface area contributed by atoms with Gasteiger partial charge in [0.15, 0.2) is 0 Å². The lowest BCUT2D eigenvalue weighted by Gasteiger charge is -2.28. The zero-order valence-corrected chi connectivity index (χ0v) is 12.7. The van der Waals surface area contributed by atoms with Crippen molar-refractivity contribution >= 4 is 5.91 Å². The van der Waals surface area contributed by atoms with Crippen LogP contribution >= 0.6 is 0 Å². The summed E-state index contributed by atoms with van der Waals surface area (Å²) in [6.45, 7) is 6.65. The minimum Gasteiger partial charge on any atom is -0.393 e. The maximum atomic E-state index is 12.7. The van der Waals surface area contributed by atoms with Gasteiger partial charge in [-0.1, -0.05) is 29.8 Å². The molecule has 0 bridgehead atoms. The Kier molecular flexibility index (Phi) is 4.81. The van der Waals surface area contributed by atoms with Crippen LogP contribution < -0.4 is 0 Å². The van der Waals surface area contributed by atoms with Crippen molar-refractivity contribution in [1.82, 2.24) is 4.90 Å². The van der Waals surface area contributed by atoms with E-state index < -0.39 is 0 Å². The quantitative estimate of drug-likeness (QED) is 0.918. The van der Waals surface area contributed by atoms with E-state index in [1.165, 1.54) is 5.56 Å². The third kappa shape index (κ3) is 3.40. The summed E-state index contributed by atoms with van der Waals surface area (Å²) in [7, 11) is 0. The molecular weight excluding hydrogens is 250 g/mol. The van der Waals surface area contributed by atoms with Crippen LogP contribution in [0.2, 0.25) is 0 Å². The Morgan fingerprint density at radius 3 is 2.85 bits per heavy atom. The molecule has 20 heavy (non-hydrogen) atoms. The van der Waals surface area contributed by atoms with Crippen LogP contribution in [-0.2, 0) is 4.79 Å². The first kappa shape index (κ1) is 15.0. The van der Waals surface area contributed by atoms with E-state index in [4.69, 9.17) is 0 Å². The lowest BCUT2D eigenvalue weighted by molar-refractivity contribution is -0.133. The SMILES string of the molecule is Cc1cccc(C(C)C(=O)N2CCCC2CC(C)O)c1. The Hall–Kier alpha value is -1.35. The normalized spacial score (nSPS) is 21.8. The number of amides is 1. The zero-order valence-electron chi connectivity index (χ0n) is 12.7. The average Bonchev–Trinajstić information content (AvgIpc) is 2.84. The van der Waals surface area contributed by atoms with E-state index in [9.17, 15) is 9.90 Å². The molecule has 1 N–H and O–H groups in total. The van der Waals surface area contributed by atoms with E-state index in [0.717, 1.165) is 24.9 Å². The number of hydrogen-bond acceptors (Lipinski definition) is 2. The van der Waals surface area contributed by atoms with E-state index in [0.29, 0.717) is 6.42 Å². The number of aryl methyl sites for hydroxylation is 1. The molecule has 0 spiro atoms. The second-order valence-electron chi connectivity index (χ2n) is 6.05. The van der Waals surface area contributed by atoms with Gasteiger partial charge in [-0.25, -0.2) is 0 Å². The van der Waals surface area contributed by atoms with Crippen molar-refractivity contribution in [2.24, 2.45) is 0 Å². The predicted octanol–water partition coefficient (Wildman–Crippen LogP) is 2.86. The van der Waals surface area contributed by atoms with Gasteiger partial charge in [0.05, 0.1) is 12.0 Å². The summed E-state index contributed by atoms with van der Waals surface area (Å²) in [5.41, 5.74) is 2.27. The van der Waals surface area contributed by atoms with Gasteiger partial charge in [-0.3, -0.25) is 4.79 Å². The smallest absolute Gasteiger partial charge is 0.230 e. The number of benzene rings is 1. The van der Waals surface area contributed by atoms with E-state index in [1.54, 1.807) is 6.92 Å². The first-order valence-electron chi connectivity index (χ1n) is 7.54. The highest BCUT2D eigenvalue weighted by Crippen LogP contribution is 2.27. The van der Waals surface area contributed by atoms with Crippen LogP contribution in [-0.4, -0.2) is 34.6 Å². The highest BCUT2D eigenvalue weighted by molar-refractivity contribution is 5.84. The van der Waals surface area contributed by atoms with Crippen molar-refractivity contribution in [2.75, 3.05) is 6.54 Å². The van der Waals surface area contributed by atoms with Crippen LogP contribution in [0.3, 0.4) is 0 Å². The van der Waals surface area contributed by atoms with Crippen LogP contribution in [0.25, 0.3) is 0 Å². The summed E-state index contributed by atoms with van der Waals surface area (Å²) in [5, 5.41) is 9.57. The molecule has 0 aliphatic carbocycles. The molecule has 1 heterocycles. The maximum absolute atomic E-state index is 12.7. The van der Waals surface area contributed by atoms with Gasteiger partial charge in [0.25, 0.3) is 0 Å². The zero-order chi connectivity index (χ0) is 14.7. The average molecular weight is 275 g/mol. The van der Waals surface area contributed by atoms with Crippen molar-refractivity contribution in [1.29, 1.82) is 0 Å². The molecule has 1 aliphatic heterocycles. The maximum Gasteiger partial charge on any atom is 0.230 e. The first-order chi connectivity index (χ1) is 9.49. The summed E-state index contributed by atoms with van der Waals surface area (Å²) in [6.07, 6.45) is 2.40. The van der Waals surface area contributed by atoms with Crippen LogP contribution in [0.5, 0.6) is 0 Å². The third-order valence-electron chi connectivity index (χ3n) is 4.19. The van der Waals surface area contributed by atoms with Gasteiger partial charge in [-0.2, -0.15) is 0 Å². The fourth-order valence-corrected chi connectivity index (χ4v) is 3.10. The van der Waals surface area contributed by atoms with Gasteiger partial charge in [0, 0.05) is 12.6 Å². The Morgan fingerprint density at radius 2 is 2.20 bits per heavy atom. The number of nitrogens with zero attached hydrogens (tertiary/aromatic N) is 1. The van der Waals surface area contributed by atoms with Crippen LogP contribution in [0.4, 0.5) is 0 Å². The molecule has 1 aromatic rings. The van der Waals surface area contributed by atoms with Crippen LogP contribution in [0.1, 0.15) is 50.2 Å². The Labute approximate surface area is 121 Å². The molecule has 2 rings (SSSR count). The van der Waals surface area contributed by atoms with Crippen LogP contribution in [0.15, 0.2) is 24.3 Å². The minimum absolute atomic E-state index is 0.107. The first-order valence-corrected chi connectivity index (χ1v) is 7.54. The highest BCUT2D eigenvalue weighted by atomic mass is 16.3. The fourth-order valence-electron chi connectivity index (χ4n) is 3.10. The summed E-state index contributed by atoms with van der Waals surface area (Å²) in [4.78, 5) is 14.7. The molecule has 1 aliphatic rings. The van der Waals surface area contributed by atoms with Crippen molar-refractivity contribution in [2.45, 2.75) is 58.1 Å². The molecule has 0 aromatic heterocycles. The van der Waals surface area contributed by atoms with Gasteiger partial charge in [-0.05, 0) is 45.6 Å². The molecule has 0 radical (unpaired) electrons. The summed E-state index contributed by atoms with van der Waals surface area (Å²) in [6, 6.07) is 8.37. The third-order valence-corrected chi connectivity index (χ3v) is 4.19. The van der Waals surface area contributed by atoms with E-state index in [-0.39, 0.29) is 24.0 Å². The Balaban J connectivity index is 2.10. The van der Waals surface area contributed by atoms with Crippen LogP contribution in [0, 0.1) is 6.92 Å². The summed E-state index contributed by atoms with van der Waals surface area (Å²) >= 11 is 0. The van der Waals surface area contributed by atoms with E-state index in [2.05, 4.69) is 6.07 Å². The largest absolute Gasteiger partial charge is 0.393 e. The predicted molar refractivity (Wildman–Crippen MR) is 80.6 cm³/mol. The lowest BCUT2D eigenvalue weighted by Crippen LogP contribution is -2.39. The molecule has 1 fully saturated rings. The second-order valence-corrected chi connectivity index (χ2v) is 6.05.